The summed E-state index contributed by atoms with van der Waals surface area (Å²) >= 11 is 4.89. The zero-order chi connectivity index (χ0) is 13.3. The van der Waals surface area contributed by atoms with Gasteiger partial charge in [-0.3, -0.25) is 0 Å². The van der Waals surface area contributed by atoms with Crippen LogP contribution in [0.2, 0.25) is 0 Å². The first kappa shape index (κ1) is 12.4. The number of rotatable bonds is 2. The molecule has 0 unspecified atom stereocenters. The van der Waals surface area contributed by atoms with Crippen molar-refractivity contribution in [2.45, 2.75) is 6.92 Å². The number of benzene rings is 1. The minimum Gasteiger partial charge on any atom is -0.478 e. The lowest BCUT2D eigenvalue weighted by Gasteiger charge is -2.08. The van der Waals surface area contributed by atoms with Crippen molar-refractivity contribution in [1.29, 1.82) is 0 Å². The van der Waals surface area contributed by atoms with Gasteiger partial charge in [-0.15, -0.1) is 0 Å². The van der Waals surface area contributed by atoms with Crippen LogP contribution in [0.25, 0.3) is 11.3 Å². The predicted octanol–water partition coefficient (Wildman–Crippen LogP) is 2.95. The second-order valence-corrected chi connectivity index (χ2v) is 4.06. The number of hydrogen-bond acceptors (Lipinski definition) is 3. The second kappa shape index (κ2) is 4.66. The van der Waals surface area contributed by atoms with Crippen LogP contribution in [0.1, 0.15) is 16.1 Å². The molecule has 0 aliphatic heterocycles. The summed E-state index contributed by atoms with van der Waals surface area (Å²) in [5, 5.41) is 9.17. The van der Waals surface area contributed by atoms with Gasteiger partial charge in [0, 0.05) is 11.3 Å². The molecule has 0 fully saturated rings. The van der Waals surface area contributed by atoms with Crippen LogP contribution in [-0.4, -0.2) is 21.0 Å². The number of carboxylic acids is 1. The van der Waals surface area contributed by atoms with Gasteiger partial charge in [0.15, 0.2) is 4.77 Å². The fourth-order valence-corrected chi connectivity index (χ4v) is 1.94. The van der Waals surface area contributed by atoms with Gasteiger partial charge in [0.25, 0.3) is 0 Å². The van der Waals surface area contributed by atoms with E-state index in [0.29, 0.717) is 5.69 Å². The lowest BCUT2D eigenvalue weighted by Crippen LogP contribution is -2.08. The summed E-state index contributed by atoms with van der Waals surface area (Å²) in [5.74, 6) is -1.71. The van der Waals surface area contributed by atoms with E-state index in [0.717, 1.165) is 0 Å². The summed E-state index contributed by atoms with van der Waals surface area (Å²) in [4.78, 5) is 17.8. The molecule has 92 valence electrons. The lowest BCUT2D eigenvalue weighted by atomic mass is 10.0. The molecule has 18 heavy (non-hydrogen) atoms. The maximum absolute atomic E-state index is 13.7. The molecule has 0 bridgehead atoms. The molecule has 1 aromatic carbocycles. The standard InChI is InChI=1S/C12H9FN2O2S/c1-6-9(11(16)17)10(15-12(18)14-6)7-4-2-3-5-8(7)13/h2-5H,1H3,(H,16,17)(H,14,15,18). The van der Waals surface area contributed by atoms with E-state index in [1.54, 1.807) is 13.0 Å². The van der Waals surface area contributed by atoms with Gasteiger partial charge in [0.1, 0.15) is 11.4 Å². The molecule has 1 heterocycles. The molecule has 1 aromatic heterocycles. The van der Waals surface area contributed by atoms with E-state index in [1.807, 2.05) is 0 Å². The number of carbonyl (C=O) groups is 1. The third-order valence-electron chi connectivity index (χ3n) is 2.46. The topological polar surface area (TPSA) is 66.0 Å². The van der Waals surface area contributed by atoms with Crippen LogP contribution in [0.5, 0.6) is 0 Å². The van der Waals surface area contributed by atoms with E-state index in [9.17, 15) is 14.3 Å². The fourth-order valence-electron chi connectivity index (χ4n) is 1.70. The lowest BCUT2D eigenvalue weighted by molar-refractivity contribution is 0.0696. The number of carboxylic acid groups (broad SMARTS) is 1. The number of aryl methyl sites for hydroxylation is 1. The Morgan fingerprint density at radius 2 is 2.11 bits per heavy atom. The average molecular weight is 264 g/mol. The van der Waals surface area contributed by atoms with E-state index in [-0.39, 0.29) is 21.6 Å². The number of nitrogens with zero attached hydrogens (tertiary/aromatic N) is 1. The van der Waals surface area contributed by atoms with Crippen LogP contribution in [0.15, 0.2) is 24.3 Å². The van der Waals surface area contributed by atoms with Crippen molar-refractivity contribution < 1.29 is 14.3 Å². The normalized spacial score (nSPS) is 10.3. The van der Waals surface area contributed by atoms with E-state index in [2.05, 4.69) is 9.97 Å². The molecule has 2 N–H and O–H groups in total. The van der Waals surface area contributed by atoms with Crippen molar-refractivity contribution >= 4 is 18.2 Å². The summed E-state index contributed by atoms with van der Waals surface area (Å²) < 4.78 is 13.8. The monoisotopic (exact) mass is 264 g/mol. The molecule has 2 aromatic rings. The summed E-state index contributed by atoms with van der Waals surface area (Å²) in [6.07, 6.45) is 0. The Labute approximate surface area is 107 Å². The Hall–Kier alpha value is -2.08. The Kier molecular flexibility index (Phi) is 3.20. The number of aromatic carboxylic acids is 1. The number of hydrogen-bond donors (Lipinski definition) is 2. The van der Waals surface area contributed by atoms with E-state index in [1.165, 1.54) is 18.2 Å². The number of aromatic amines is 1. The van der Waals surface area contributed by atoms with Gasteiger partial charge >= 0.3 is 5.97 Å². The van der Waals surface area contributed by atoms with Crippen LogP contribution < -0.4 is 0 Å². The Morgan fingerprint density at radius 1 is 1.44 bits per heavy atom. The average Bonchev–Trinajstić information content (AvgIpc) is 2.27. The van der Waals surface area contributed by atoms with Gasteiger partial charge in [-0.05, 0) is 31.3 Å². The largest absolute Gasteiger partial charge is 0.478 e. The summed E-state index contributed by atoms with van der Waals surface area (Å²) in [6, 6.07) is 5.85. The zero-order valence-corrected chi connectivity index (χ0v) is 10.2. The Balaban J connectivity index is 2.82. The van der Waals surface area contributed by atoms with Crippen molar-refractivity contribution in [2.24, 2.45) is 0 Å². The smallest absolute Gasteiger partial charge is 0.339 e. The minimum atomic E-state index is -1.18. The molecular formula is C12H9FN2O2S. The van der Waals surface area contributed by atoms with E-state index in [4.69, 9.17) is 12.2 Å². The van der Waals surface area contributed by atoms with Crippen LogP contribution in [0.4, 0.5) is 4.39 Å². The van der Waals surface area contributed by atoms with Crippen LogP contribution in [-0.2, 0) is 0 Å². The van der Waals surface area contributed by atoms with Gasteiger partial charge in [-0.1, -0.05) is 12.1 Å². The van der Waals surface area contributed by atoms with Crippen molar-refractivity contribution in [3.63, 3.8) is 0 Å². The highest BCUT2D eigenvalue weighted by Crippen LogP contribution is 2.25. The van der Waals surface area contributed by atoms with Gasteiger partial charge < -0.3 is 10.1 Å². The summed E-state index contributed by atoms with van der Waals surface area (Å²) in [6.45, 7) is 1.56. The third kappa shape index (κ3) is 2.14. The highest BCUT2D eigenvalue weighted by atomic mass is 32.1. The quantitative estimate of drug-likeness (QED) is 0.818. The SMILES string of the molecule is Cc1[nH]c(=S)nc(-c2ccccc2F)c1C(=O)O. The molecule has 0 amide bonds. The Morgan fingerprint density at radius 3 is 2.72 bits per heavy atom. The molecule has 0 saturated heterocycles. The molecule has 4 nitrogen and oxygen atoms in total. The maximum atomic E-state index is 13.7. The number of nitrogens with one attached hydrogen (secondary N) is 1. The first-order valence-corrected chi connectivity index (χ1v) is 5.50. The molecule has 0 radical (unpaired) electrons. The second-order valence-electron chi connectivity index (χ2n) is 3.68. The van der Waals surface area contributed by atoms with Gasteiger partial charge in [0.05, 0.1) is 5.69 Å². The number of aromatic nitrogens is 2. The van der Waals surface area contributed by atoms with Gasteiger partial charge in [-0.2, -0.15) is 0 Å². The van der Waals surface area contributed by atoms with Gasteiger partial charge in [-0.25, -0.2) is 14.2 Å². The van der Waals surface area contributed by atoms with Crippen molar-refractivity contribution in [1.82, 2.24) is 9.97 Å². The fraction of sp³-hybridized carbons (Fsp3) is 0.0833. The van der Waals surface area contributed by atoms with Crippen LogP contribution >= 0.6 is 12.2 Å². The van der Waals surface area contributed by atoms with E-state index >= 15 is 0 Å². The van der Waals surface area contributed by atoms with Crippen molar-refractivity contribution in [2.75, 3.05) is 0 Å². The third-order valence-corrected chi connectivity index (χ3v) is 2.66. The molecule has 2 rings (SSSR count). The molecule has 0 atom stereocenters. The first-order valence-electron chi connectivity index (χ1n) is 5.10. The highest BCUT2D eigenvalue weighted by Gasteiger charge is 2.19. The van der Waals surface area contributed by atoms with Crippen molar-refractivity contribution in [3.8, 4) is 11.3 Å². The first-order chi connectivity index (χ1) is 8.50. The molecule has 0 aliphatic carbocycles. The summed E-state index contributed by atoms with van der Waals surface area (Å²) in [5.41, 5.74) is 0.439. The number of halogens is 1. The minimum absolute atomic E-state index is 0.0434. The van der Waals surface area contributed by atoms with Crippen LogP contribution in [0.3, 0.4) is 0 Å². The Bertz CT molecular complexity index is 682. The molecule has 6 heteroatoms. The van der Waals surface area contributed by atoms with Crippen LogP contribution in [0, 0.1) is 17.5 Å². The number of H-pyrrole nitrogens is 1. The van der Waals surface area contributed by atoms with E-state index < -0.39 is 11.8 Å². The molecular weight excluding hydrogens is 255 g/mol. The zero-order valence-electron chi connectivity index (χ0n) is 9.40. The molecule has 0 aliphatic rings. The summed E-state index contributed by atoms with van der Waals surface area (Å²) in [7, 11) is 0. The molecule has 0 spiro atoms. The highest BCUT2D eigenvalue weighted by molar-refractivity contribution is 7.71. The predicted molar refractivity (Wildman–Crippen MR) is 66.5 cm³/mol. The maximum Gasteiger partial charge on any atom is 0.339 e. The van der Waals surface area contributed by atoms with Gasteiger partial charge in [0.2, 0.25) is 0 Å². The van der Waals surface area contributed by atoms with Crippen molar-refractivity contribution in [3.05, 3.63) is 46.1 Å². The molecule has 0 saturated carbocycles.